The third kappa shape index (κ3) is 3.02. The third-order valence-electron chi connectivity index (χ3n) is 3.53. The van der Waals surface area contributed by atoms with Gasteiger partial charge in [0.2, 0.25) is 0 Å². The molecule has 0 bridgehead atoms. The molecule has 6 heteroatoms. The number of alkyl halides is 2. The second-order valence-electron chi connectivity index (χ2n) is 4.97. The molecule has 0 aromatic heterocycles. The Balaban J connectivity index is 1.57. The molecule has 4 nitrogen and oxygen atoms in total. The Hall–Kier alpha value is -1.40. The molecule has 0 atom stereocenters. The van der Waals surface area contributed by atoms with Crippen LogP contribution in [0.1, 0.15) is 12.0 Å². The van der Waals surface area contributed by atoms with Crippen molar-refractivity contribution in [3.63, 3.8) is 0 Å². The summed E-state index contributed by atoms with van der Waals surface area (Å²) in [6.45, 7) is 4.34. The average molecular weight is 285 g/mol. The van der Waals surface area contributed by atoms with Crippen LogP contribution in [0.25, 0.3) is 0 Å². The molecule has 2 aliphatic rings. The Labute approximate surface area is 116 Å². The van der Waals surface area contributed by atoms with Crippen molar-refractivity contribution in [2.45, 2.75) is 19.1 Å². The maximum Gasteiger partial charge on any atom is 0.586 e. The minimum atomic E-state index is -3.54. The van der Waals surface area contributed by atoms with Crippen LogP contribution in [0.15, 0.2) is 18.2 Å². The van der Waals surface area contributed by atoms with Crippen LogP contribution >= 0.6 is 0 Å². The van der Waals surface area contributed by atoms with Gasteiger partial charge in [-0.05, 0) is 31.0 Å². The van der Waals surface area contributed by atoms with Crippen molar-refractivity contribution in [3.05, 3.63) is 23.8 Å². The van der Waals surface area contributed by atoms with Gasteiger partial charge in [0.1, 0.15) is 0 Å². The number of morpholine rings is 1. The first kappa shape index (κ1) is 13.6. The van der Waals surface area contributed by atoms with Gasteiger partial charge in [-0.3, -0.25) is 4.90 Å². The molecule has 0 radical (unpaired) electrons. The van der Waals surface area contributed by atoms with Crippen molar-refractivity contribution in [2.75, 3.05) is 32.8 Å². The quantitative estimate of drug-likeness (QED) is 0.849. The van der Waals surface area contributed by atoms with Crippen molar-refractivity contribution in [2.24, 2.45) is 0 Å². The normalized spacial score (nSPS) is 21.1. The van der Waals surface area contributed by atoms with Gasteiger partial charge in [0.15, 0.2) is 11.5 Å². The highest BCUT2D eigenvalue weighted by Gasteiger charge is 2.44. The lowest BCUT2D eigenvalue weighted by Crippen LogP contribution is -2.36. The molecule has 0 N–H and O–H groups in total. The summed E-state index contributed by atoms with van der Waals surface area (Å²) in [5.41, 5.74) is 0.771. The minimum Gasteiger partial charge on any atom is -0.395 e. The molecular weight excluding hydrogens is 268 g/mol. The van der Waals surface area contributed by atoms with E-state index in [1.54, 1.807) is 6.07 Å². The molecule has 0 amide bonds. The van der Waals surface area contributed by atoms with E-state index in [1.165, 1.54) is 6.07 Å². The maximum absolute atomic E-state index is 13.1. The van der Waals surface area contributed by atoms with Gasteiger partial charge in [-0.2, -0.15) is 0 Å². The summed E-state index contributed by atoms with van der Waals surface area (Å²) in [6, 6.07) is 5.03. The zero-order valence-electron chi connectivity index (χ0n) is 11.1. The van der Waals surface area contributed by atoms with Gasteiger partial charge in [-0.1, -0.05) is 12.1 Å². The number of rotatable bonds is 4. The largest absolute Gasteiger partial charge is 0.586 e. The van der Waals surface area contributed by atoms with Crippen LogP contribution in [-0.2, 0) is 11.2 Å². The van der Waals surface area contributed by atoms with Gasteiger partial charge < -0.3 is 14.2 Å². The standard InChI is InChI=1S/C14H17F2NO3/c15-14(16)19-12-5-1-3-11(13(12)20-14)4-2-6-17-7-9-18-10-8-17/h1,3,5H,2,4,6-10H2. The van der Waals surface area contributed by atoms with Crippen LogP contribution in [0.3, 0.4) is 0 Å². The lowest BCUT2D eigenvalue weighted by atomic mass is 10.1. The van der Waals surface area contributed by atoms with Crippen molar-refractivity contribution in [3.8, 4) is 11.5 Å². The summed E-state index contributed by atoms with van der Waals surface area (Å²) in [4.78, 5) is 2.32. The Morgan fingerprint density at radius 2 is 1.95 bits per heavy atom. The summed E-state index contributed by atoms with van der Waals surface area (Å²) in [5, 5.41) is 0. The highest BCUT2D eigenvalue weighted by Crippen LogP contribution is 2.43. The minimum absolute atomic E-state index is 0.124. The first-order valence-electron chi connectivity index (χ1n) is 6.82. The molecule has 1 aromatic rings. The molecule has 20 heavy (non-hydrogen) atoms. The first-order valence-corrected chi connectivity index (χ1v) is 6.82. The van der Waals surface area contributed by atoms with Crippen molar-refractivity contribution in [1.82, 2.24) is 4.90 Å². The van der Waals surface area contributed by atoms with Crippen LogP contribution in [0.4, 0.5) is 8.78 Å². The Kier molecular flexibility index (Phi) is 3.76. The van der Waals surface area contributed by atoms with Crippen LogP contribution in [0.2, 0.25) is 0 Å². The van der Waals surface area contributed by atoms with E-state index in [0.29, 0.717) is 6.42 Å². The molecule has 2 aliphatic heterocycles. The van der Waals surface area contributed by atoms with Gasteiger partial charge in [0.05, 0.1) is 13.2 Å². The van der Waals surface area contributed by atoms with Crippen LogP contribution in [0, 0.1) is 0 Å². The van der Waals surface area contributed by atoms with E-state index in [9.17, 15) is 8.78 Å². The van der Waals surface area contributed by atoms with Gasteiger partial charge >= 0.3 is 6.29 Å². The summed E-state index contributed by atoms with van der Waals surface area (Å²) in [5.74, 6) is 0.304. The molecule has 1 saturated heterocycles. The van der Waals surface area contributed by atoms with E-state index in [2.05, 4.69) is 14.4 Å². The molecule has 2 heterocycles. The monoisotopic (exact) mass is 285 g/mol. The molecule has 1 fully saturated rings. The summed E-state index contributed by atoms with van der Waals surface area (Å²) in [7, 11) is 0. The number of halogens is 2. The zero-order valence-corrected chi connectivity index (χ0v) is 11.1. The number of aryl methyl sites for hydroxylation is 1. The summed E-state index contributed by atoms with van der Waals surface area (Å²) < 4.78 is 40.4. The van der Waals surface area contributed by atoms with Crippen LogP contribution in [0.5, 0.6) is 11.5 Å². The Morgan fingerprint density at radius 1 is 1.15 bits per heavy atom. The van der Waals surface area contributed by atoms with E-state index in [1.807, 2.05) is 6.07 Å². The van der Waals surface area contributed by atoms with Crippen molar-refractivity contribution < 1.29 is 23.0 Å². The Bertz CT molecular complexity index is 475. The predicted octanol–water partition coefficient (Wildman–Crippen LogP) is 2.27. The molecule has 110 valence electrons. The fraction of sp³-hybridized carbons (Fsp3) is 0.571. The molecule has 1 aromatic carbocycles. The maximum atomic E-state index is 13.1. The first-order chi connectivity index (χ1) is 9.64. The van der Waals surface area contributed by atoms with Crippen LogP contribution in [-0.4, -0.2) is 44.0 Å². The number of hydrogen-bond donors (Lipinski definition) is 0. The van der Waals surface area contributed by atoms with Gasteiger partial charge in [0.25, 0.3) is 0 Å². The number of benzene rings is 1. The van der Waals surface area contributed by atoms with Crippen molar-refractivity contribution >= 4 is 0 Å². The topological polar surface area (TPSA) is 30.9 Å². The van der Waals surface area contributed by atoms with Crippen molar-refractivity contribution in [1.29, 1.82) is 0 Å². The molecule has 0 unspecified atom stereocenters. The molecular formula is C14H17F2NO3. The van der Waals surface area contributed by atoms with Gasteiger partial charge in [-0.15, -0.1) is 8.78 Å². The fourth-order valence-electron chi connectivity index (χ4n) is 2.54. The fourth-order valence-corrected chi connectivity index (χ4v) is 2.54. The van der Waals surface area contributed by atoms with E-state index < -0.39 is 6.29 Å². The molecule has 3 rings (SSSR count). The summed E-state index contributed by atoms with van der Waals surface area (Å²) >= 11 is 0. The lowest BCUT2D eigenvalue weighted by molar-refractivity contribution is -0.286. The van der Waals surface area contributed by atoms with E-state index >= 15 is 0 Å². The molecule has 0 saturated carbocycles. The van der Waals surface area contributed by atoms with E-state index in [-0.39, 0.29) is 11.5 Å². The van der Waals surface area contributed by atoms with E-state index in [0.717, 1.165) is 44.8 Å². The highest BCUT2D eigenvalue weighted by molar-refractivity contribution is 5.48. The second kappa shape index (κ2) is 5.54. The number of hydrogen-bond acceptors (Lipinski definition) is 4. The number of nitrogens with zero attached hydrogens (tertiary/aromatic N) is 1. The van der Waals surface area contributed by atoms with Crippen LogP contribution < -0.4 is 9.47 Å². The van der Waals surface area contributed by atoms with Gasteiger partial charge in [-0.25, -0.2) is 0 Å². The number of fused-ring (bicyclic) bond motifs is 1. The third-order valence-corrected chi connectivity index (χ3v) is 3.53. The molecule has 0 spiro atoms. The predicted molar refractivity (Wildman–Crippen MR) is 68.2 cm³/mol. The smallest absolute Gasteiger partial charge is 0.395 e. The van der Waals surface area contributed by atoms with Gasteiger partial charge in [0, 0.05) is 13.1 Å². The Morgan fingerprint density at radius 3 is 2.75 bits per heavy atom. The lowest BCUT2D eigenvalue weighted by Gasteiger charge is -2.26. The highest BCUT2D eigenvalue weighted by atomic mass is 19.3. The number of ether oxygens (including phenoxy) is 3. The summed E-state index contributed by atoms with van der Waals surface area (Å²) in [6.07, 6.45) is -1.95. The SMILES string of the molecule is FC1(F)Oc2cccc(CCCN3CCOCC3)c2O1. The molecule has 0 aliphatic carbocycles. The zero-order chi connectivity index (χ0) is 14.0. The number of para-hydroxylation sites is 1. The average Bonchev–Trinajstić information content (AvgIpc) is 2.75. The second-order valence-corrected chi connectivity index (χ2v) is 4.97. The van der Waals surface area contributed by atoms with E-state index in [4.69, 9.17) is 4.74 Å².